The molecule has 0 saturated heterocycles. The van der Waals surface area contributed by atoms with Gasteiger partial charge < -0.3 is 13.5 Å². The molecule has 1 aliphatic rings. The average molecular weight is 891 g/mol. The number of hydrogen-bond donors (Lipinski definition) is 0. The Kier molecular flexibility index (Phi) is 7.55. The summed E-state index contributed by atoms with van der Waals surface area (Å²) >= 11 is 0. The predicted molar refractivity (Wildman–Crippen MR) is 290 cm³/mol. The molecule has 1 aliphatic heterocycles. The Morgan fingerprint density at radius 3 is 1.26 bits per heavy atom. The van der Waals surface area contributed by atoms with Gasteiger partial charge in [0.1, 0.15) is 0 Å². The molecule has 324 valence electrons. The number of ether oxygens (including phenoxy) is 1. The minimum absolute atomic E-state index is 0.808. The zero-order chi connectivity index (χ0) is 45.6. The molecule has 0 unspecified atom stereocenters. The zero-order valence-corrected chi connectivity index (χ0v) is 37.6. The van der Waals surface area contributed by atoms with Crippen molar-refractivity contribution in [2.24, 2.45) is 0 Å². The molecule has 0 bridgehead atoms. The molecule has 10 aromatic carbocycles. The Labute approximate surface area is 401 Å². The third-order valence-corrected chi connectivity index (χ3v) is 14.9. The Morgan fingerprint density at radius 2 is 0.714 bits per heavy atom. The molecule has 0 N–H and O–H groups in total. The normalized spacial score (nSPS) is 12.7. The average Bonchev–Trinajstić information content (AvgIpc) is 4.16. The molecule has 5 heteroatoms. The van der Waals surface area contributed by atoms with Crippen molar-refractivity contribution in [2.75, 3.05) is 4.90 Å². The topological polar surface area (TPSA) is 34.2 Å². The summed E-state index contributed by atoms with van der Waals surface area (Å²) in [7, 11) is 0. The highest BCUT2D eigenvalue weighted by Gasteiger charge is 2.34. The van der Waals surface area contributed by atoms with Crippen molar-refractivity contribution in [3.63, 3.8) is 0 Å². The summed E-state index contributed by atoms with van der Waals surface area (Å²) in [5.74, 6) is 1.62. The number of pyridine rings is 1. The highest BCUT2D eigenvalue weighted by atomic mass is 16.5. The van der Waals surface area contributed by atoms with Crippen LogP contribution >= 0.6 is 0 Å². The molecule has 16 rings (SSSR count). The van der Waals surface area contributed by atoms with Gasteiger partial charge in [-0.2, -0.15) is 0 Å². The summed E-state index contributed by atoms with van der Waals surface area (Å²) in [6.45, 7) is 0. The number of benzene rings is 10. The van der Waals surface area contributed by atoms with Crippen LogP contribution < -0.4 is 9.64 Å². The first-order valence-electron chi connectivity index (χ1n) is 23.9. The molecule has 15 aromatic rings. The van der Waals surface area contributed by atoms with Gasteiger partial charge in [0.2, 0.25) is 0 Å². The molecule has 0 spiro atoms. The molecular weight excluding hydrogens is 853 g/mol. The van der Waals surface area contributed by atoms with Crippen LogP contribution in [0.2, 0.25) is 0 Å². The number of rotatable bonds is 5. The molecule has 70 heavy (non-hydrogen) atoms. The number of aromatic nitrogens is 3. The van der Waals surface area contributed by atoms with E-state index in [2.05, 4.69) is 244 Å². The molecule has 0 amide bonds. The number of anilines is 3. The van der Waals surface area contributed by atoms with E-state index in [1.54, 1.807) is 0 Å². The van der Waals surface area contributed by atoms with E-state index in [1.165, 1.54) is 87.5 Å². The van der Waals surface area contributed by atoms with Crippen molar-refractivity contribution in [2.45, 2.75) is 0 Å². The van der Waals surface area contributed by atoms with Crippen molar-refractivity contribution in [3.05, 3.63) is 231 Å². The van der Waals surface area contributed by atoms with E-state index < -0.39 is 0 Å². The smallest absolute Gasteiger partial charge is 0.151 e. The molecule has 0 fully saturated rings. The van der Waals surface area contributed by atoms with Gasteiger partial charge in [-0.15, -0.1) is 0 Å². The maximum absolute atomic E-state index is 6.79. The van der Waals surface area contributed by atoms with Crippen molar-refractivity contribution in [1.82, 2.24) is 13.8 Å². The lowest BCUT2D eigenvalue weighted by atomic mass is 9.96. The van der Waals surface area contributed by atoms with E-state index in [1.807, 2.05) is 0 Å². The number of hydrogen-bond acceptors (Lipinski definition) is 3. The Bertz CT molecular complexity index is 4310. The molecule has 0 aliphatic carbocycles. The van der Waals surface area contributed by atoms with Crippen LogP contribution in [0.1, 0.15) is 0 Å². The lowest BCUT2D eigenvalue weighted by Gasteiger charge is -2.33. The highest BCUT2D eigenvalue weighted by Crippen LogP contribution is 2.57. The standard InChI is InChI=1S/C65H38N4O/c1-5-17-39(18-6-1)43-29-30-55-46(31-43)48-32-44(40-19-7-2-8-20-40)34-50-52-36-53-51-35-45(41-21-9-3-10-22-41)33-49-47-37-54(42-23-11-4-12-24-42)66-38-58(47)69(62(49)51)64(53)65(63(52)68(55)61(48)50)67-56-25-13-15-27-59(56)70-60-28-16-14-26-57(60)67/h1-38H. The second kappa shape index (κ2) is 14.0. The van der Waals surface area contributed by atoms with Crippen LogP contribution in [0.25, 0.3) is 121 Å². The first-order valence-corrected chi connectivity index (χ1v) is 23.9. The van der Waals surface area contributed by atoms with Gasteiger partial charge in [-0.05, 0) is 106 Å². The maximum atomic E-state index is 6.79. The van der Waals surface area contributed by atoms with Crippen LogP contribution in [0.5, 0.6) is 11.5 Å². The van der Waals surface area contributed by atoms with Crippen LogP contribution in [-0.4, -0.2) is 13.8 Å². The number of para-hydroxylation sites is 4. The third kappa shape index (κ3) is 5.12. The van der Waals surface area contributed by atoms with E-state index in [4.69, 9.17) is 9.72 Å². The minimum Gasteiger partial charge on any atom is -0.453 e. The zero-order valence-electron chi connectivity index (χ0n) is 37.6. The molecule has 5 nitrogen and oxygen atoms in total. The SMILES string of the molecule is c1ccc(-c2ccc3c(c2)c2cc(-c4ccccc4)cc4c5cc6c7cc(-c8ccccc8)cc8c9cc(-c%10ccccc%10)ncc9n(c6c(N6c9ccccc9Oc9ccccc96)c5n3c24)c87)cc1. The fourth-order valence-electron chi connectivity index (χ4n) is 11.9. The maximum Gasteiger partial charge on any atom is 0.151 e. The van der Waals surface area contributed by atoms with E-state index >= 15 is 0 Å². The van der Waals surface area contributed by atoms with Gasteiger partial charge in [0.15, 0.2) is 11.5 Å². The molecule has 5 aromatic heterocycles. The van der Waals surface area contributed by atoms with E-state index in [0.29, 0.717) is 0 Å². The second-order valence-corrected chi connectivity index (χ2v) is 18.7. The Hall–Kier alpha value is -9.45. The van der Waals surface area contributed by atoms with Gasteiger partial charge in [-0.25, -0.2) is 0 Å². The van der Waals surface area contributed by atoms with Gasteiger partial charge >= 0.3 is 0 Å². The van der Waals surface area contributed by atoms with Gasteiger partial charge in [-0.3, -0.25) is 9.88 Å². The highest BCUT2D eigenvalue weighted by molar-refractivity contribution is 6.34. The van der Waals surface area contributed by atoms with E-state index in [-0.39, 0.29) is 0 Å². The summed E-state index contributed by atoms with van der Waals surface area (Å²) in [5.41, 5.74) is 19.1. The Morgan fingerprint density at radius 1 is 0.300 bits per heavy atom. The van der Waals surface area contributed by atoms with Gasteiger partial charge in [-0.1, -0.05) is 152 Å². The Balaban J connectivity index is 1.16. The van der Waals surface area contributed by atoms with Crippen molar-refractivity contribution < 1.29 is 4.74 Å². The van der Waals surface area contributed by atoms with Crippen LogP contribution in [0.3, 0.4) is 0 Å². The number of fused-ring (bicyclic) bond motifs is 14. The third-order valence-electron chi connectivity index (χ3n) is 14.9. The largest absolute Gasteiger partial charge is 0.453 e. The molecule has 0 saturated carbocycles. The molecular formula is C65H38N4O. The second-order valence-electron chi connectivity index (χ2n) is 18.7. The van der Waals surface area contributed by atoms with Crippen LogP contribution in [-0.2, 0) is 0 Å². The van der Waals surface area contributed by atoms with Crippen LogP contribution in [0.15, 0.2) is 231 Å². The fourth-order valence-corrected chi connectivity index (χ4v) is 11.9. The minimum atomic E-state index is 0.808. The lowest BCUT2D eigenvalue weighted by Crippen LogP contribution is -2.17. The molecule has 0 radical (unpaired) electrons. The van der Waals surface area contributed by atoms with Crippen LogP contribution in [0.4, 0.5) is 17.1 Å². The first kappa shape index (κ1) is 37.6. The quantitative estimate of drug-likeness (QED) is 0.173. The summed E-state index contributed by atoms with van der Waals surface area (Å²) in [4.78, 5) is 7.74. The molecule has 0 atom stereocenters. The van der Waals surface area contributed by atoms with Crippen molar-refractivity contribution in [3.8, 4) is 56.1 Å². The molecule has 6 heterocycles. The first-order chi connectivity index (χ1) is 34.7. The van der Waals surface area contributed by atoms with E-state index in [0.717, 1.165) is 61.9 Å². The summed E-state index contributed by atoms with van der Waals surface area (Å²) in [6, 6.07) is 81.5. The predicted octanol–water partition coefficient (Wildman–Crippen LogP) is 17.6. The summed E-state index contributed by atoms with van der Waals surface area (Å²) in [5, 5.41) is 9.61. The summed E-state index contributed by atoms with van der Waals surface area (Å²) in [6.07, 6.45) is 2.10. The summed E-state index contributed by atoms with van der Waals surface area (Å²) < 4.78 is 11.9. The van der Waals surface area contributed by atoms with Crippen molar-refractivity contribution >= 4 is 93.3 Å². The lowest BCUT2D eigenvalue weighted by molar-refractivity contribution is 0.477. The monoisotopic (exact) mass is 890 g/mol. The number of nitrogens with zero attached hydrogens (tertiary/aromatic N) is 4. The van der Waals surface area contributed by atoms with Gasteiger partial charge in [0, 0.05) is 48.7 Å². The van der Waals surface area contributed by atoms with Crippen molar-refractivity contribution in [1.29, 1.82) is 0 Å². The van der Waals surface area contributed by atoms with Crippen LogP contribution in [0, 0.1) is 0 Å². The van der Waals surface area contributed by atoms with E-state index in [9.17, 15) is 0 Å². The fraction of sp³-hybridized carbons (Fsp3) is 0. The van der Waals surface area contributed by atoms with Gasteiger partial charge in [0.05, 0.1) is 62.1 Å². The van der Waals surface area contributed by atoms with Gasteiger partial charge in [0.25, 0.3) is 0 Å².